The molecule has 15 heavy (non-hydrogen) atoms. The van der Waals surface area contributed by atoms with E-state index in [0.29, 0.717) is 17.8 Å². The fourth-order valence-corrected chi connectivity index (χ4v) is 1.47. The topological polar surface area (TPSA) is 52.5 Å². The van der Waals surface area contributed by atoms with Crippen LogP contribution in [0.25, 0.3) is 0 Å². The minimum absolute atomic E-state index is 0.0574. The summed E-state index contributed by atoms with van der Waals surface area (Å²) in [5, 5.41) is 21.9. The molecule has 3 N–H and O–H groups in total. The second kappa shape index (κ2) is 5.45. The number of alkyl halides is 1. The van der Waals surface area contributed by atoms with E-state index >= 15 is 0 Å². The first-order valence-corrected chi connectivity index (χ1v) is 5.43. The number of nitrogens with one attached hydrogen (secondary N) is 1. The SMILES string of the molecule is Cc1ccc(NCC(O)CCl)c(Cl)c1O. The molecule has 0 radical (unpaired) electrons. The van der Waals surface area contributed by atoms with Crippen LogP contribution in [0.2, 0.25) is 5.02 Å². The van der Waals surface area contributed by atoms with Crippen molar-refractivity contribution in [3.05, 3.63) is 22.7 Å². The van der Waals surface area contributed by atoms with Crippen molar-refractivity contribution < 1.29 is 10.2 Å². The Morgan fingerprint density at radius 3 is 2.73 bits per heavy atom. The molecule has 1 rings (SSSR count). The average molecular weight is 250 g/mol. The number of hydrogen-bond donors (Lipinski definition) is 3. The van der Waals surface area contributed by atoms with Crippen molar-refractivity contribution in [1.82, 2.24) is 0 Å². The summed E-state index contributed by atoms with van der Waals surface area (Å²) < 4.78 is 0. The second-order valence-electron chi connectivity index (χ2n) is 3.28. The van der Waals surface area contributed by atoms with Gasteiger partial charge in [0.1, 0.15) is 10.8 Å². The number of anilines is 1. The van der Waals surface area contributed by atoms with Crippen LogP contribution in [-0.2, 0) is 0 Å². The molecule has 0 aliphatic heterocycles. The van der Waals surface area contributed by atoms with Gasteiger partial charge < -0.3 is 15.5 Å². The molecule has 1 unspecified atom stereocenters. The van der Waals surface area contributed by atoms with Crippen LogP contribution in [0.15, 0.2) is 12.1 Å². The van der Waals surface area contributed by atoms with Gasteiger partial charge in [-0.15, -0.1) is 11.6 Å². The van der Waals surface area contributed by atoms with E-state index in [1.54, 1.807) is 19.1 Å². The highest BCUT2D eigenvalue weighted by Crippen LogP contribution is 2.33. The summed E-state index contributed by atoms with van der Waals surface area (Å²) >= 11 is 11.3. The summed E-state index contributed by atoms with van der Waals surface area (Å²) in [6.07, 6.45) is -0.633. The number of phenolic OH excluding ortho intramolecular Hbond substituents is 1. The van der Waals surface area contributed by atoms with Gasteiger partial charge in [-0.2, -0.15) is 0 Å². The molecule has 1 aromatic carbocycles. The smallest absolute Gasteiger partial charge is 0.139 e. The molecular weight excluding hydrogens is 237 g/mol. The Hall–Kier alpha value is -0.640. The first kappa shape index (κ1) is 12.4. The van der Waals surface area contributed by atoms with Gasteiger partial charge in [-0.1, -0.05) is 17.7 Å². The van der Waals surface area contributed by atoms with E-state index in [0.717, 1.165) is 0 Å². The molecule has 3 nitrogen and oxygen atoms in total. The van der Waals surface area contributed by atoms with Crippen molar-refractivity contribution in [2.24, 2.45) is 0 Å². The maximum atomic E-state index is 9.55. The van der Waals surface area contributed by atoms with Gasteiger partial charge in [-0.3, -0.25) is 0 Å². The van der Waals surface area contributed by atoms with Gasteiger partial charge >= 0.3 is 0 Å². The van der Waals surface area contributed by atoms with Crippen molar-refractivity contribution in [2.45, 2.75) is 13.0 Å². The quantitative estimate of drug-likeness (QED) is 0.719. The van der Waals surface area contributed by atoms with E-state index in [1.165, 1.54) is 0 Å². The lowest BCUT2D eigenvalue weighted by Gasteiger charge is -2.12. The van der Waals surface area contributed by atoms with Crippen LogP contribution < -0.4 is 5.32 Å². The minimum atomic E-state index is -0.633. The minimum Gasteiger partial charge on any atom is -0.506 e. The molecule has 1 aromatic rings. The van der Waals surface area contributed by atoms with Gasteiger partial charge in [0.05, 0.1) is 17.7 Å². The Labute approximate surface area is 98.6 Å². The molecule has 0 aliphatic carbocycles. The van der Waals surface area contributed by atoms with Crippen LogP contribution in [0.1, 0.15) is 5.56 Å². The number of aliphatic hydroxyl groups excluding tert-OH is 1. The third kappa shape index (κ3) is 3.16. The lowest BCUT2D eigenvalue weighted by molar-refractivity contribution is 0.211. The van der Waals surface area contributed by atoms with Gasteiger partial charge in [-0.25, -0.2) is 0 Å². The van der Waals surface area contributed by atoms with Crippen LogP contribution >= 0.6 is 23.2 Å². The standard InChI is InChI=1S/C10H13Cl2NO2/c1-6-2-3-8(9(12)10(6)15)13-5-7(14)4-11/h2-3,7,13-15H,4-5H2,1H3. The maximum absolute atomic E-state index is 9.55. The predicted molar refractivity (Wildman–Crippen MR) is 63.1 cm³/mol. The summed E-state index contributed by atoms with van der Waals surface area (Å²) in [5.41, 5.74) is 1.30. The zero-order valence-electron chi connectivity index (χ0n) is 8.30. The molecule has 0 heterocycles. The predicted octanol–water partition coefficient (Wildman–Crippen LogP) is 2.37. The maximum Gasteiger partial charge on any atom is 0.139 e. The lowest BCUT2D eigenvalue weighted by atomic mass is 10.2. The number of aliphatic hydroxyl groups is 1. The van der Waals surface area contributed by atoms with E-state index in [-0.39, 0.29) is 16.7 Å². The van der Waals surface area contributed by atoms with Crippen molar-refractivity contribution in [3.8, 4) is 5.75 Å². The third-order valence-electron chi connectivity index (χ3n) is 2.02. The van der Waals surface area contributed by atoms with Gasteiger partial charge in [-0.05, 0) is 18.6 Å². The highest BCUT2D eigenvalue weighted by atomic mass is 35.5. The Kier molecular flexibility index (Phi) is 4.51. The summed E-state index contributed by atoms with van der Waals surface area (Å²) in [6, 6.07) is 3.50. The summed E-state index contributed by atoms with van der Waals surface area (Å²) in [7, 11) is 0. The number of hydrogen-bond acceptors (Lipinski definition) is 3. The van der Waals surface area contributed by atoms with E-state index in [9.17, 15) is 10.2 Å². The summed E-state index contributed by atoms with van der Waals surface area (Å²) in [6.45, 7) is 2.06. The van der Waals surface area contributed by atoms with E-state index < -0.39 is 6.10 Å². The Morgan fingerprint density at radius 2 is 2.13 bits per heavy atom. The Balaban J connectivity index is 2.74. The largest absolute Gasteiger partial charge is 0.506 e. The highest BCUT2D eigenvalue weighted by molar-refractivity contribution is 6.34. The second-order valence-corrected chi connectivity index (χ2v) is 3.97. The molecule has 0 saturated heterocycles. The molecule has 0 amide bonds. The van der Waals surface area contributed by atoms with Crippen LogP contribution in [0.4, 0.5) is 5.69 Å². The molecular formula is C10H13Cl2NO2. The normalized spacial score (nSPS) is 12.5. The zero-order chi connectivity index (χ0) is 11.4. The molecule has 0 bridgehead atoms. The van der Waals surface area contributed by atoms with Crippen molar-refractivity contribution in [3.63, 3.8) is 0 Å². The monoisotopic (exact) mass is 249 g/mol. The van der Waals surface area contributed by atoms with E-state index in [4.69, 9.17) is 23.2 Å². The fraction of sp³-hybridized carbons (Fsp3) is 0.400. The fourth-order valence-electron chi connectivity index (χ4n) is 1.08. The third-order valence-corrected chi connectivity index (χ3v) is 2.76. The highest BCUT2D eigenvalue weighted by Gasteiger charge is 2.09. The molecule has 0 saturated carbocycles. The Bertz CT molecular complexity index is 344. The molecule has 1 atom stereocenters. The summed E-state index contributed by atoms with van der Waals surface area (Å²) in [5.74, 6) is 0.213. The van der Waals surface area contributed by atoms with Gasteiger partial charge in [0, 0.05) is 6.54 Å². The first-order valence-electron chi connectivity index (χ1n) is 4.52. The van der Waals surface area contributed by atoms with Gasteiger partial charge in [0.25, 0.3) is 0 Å². The van der Waals surface area contributed by atoms with E-state index in [2.05, 4.69) is 5.32 Å². The van der Waals surface area contributed by atoms with Crippen LogP contribution in [0.3, 0.4) is 0 Å². The average Bonchev–Trinajstić information content (AvgIpc) is 2.24. The molecule has 0 aliphatic rings. The number of halogens is 2. The number of benzene rings is 1. The zero-order valence-corrected chi connectivity index (χ0v) is 9.81. The van der Waals surface area contributed by atoms with E-state index in [1.807, 2.05) is 0 Å². The van der Waals surface area contributed by atoms with Crippen LogP contribution in [-0.4, -0.2) is 28.7 Å². The van der Waals surface area contributed by atoms with Crippen LogP contribution in [0.5, 0.6) is 5.75 Å². The first-order chi connectivity index (χ1) is 7.06. The Morgan fingerprint density at radius 1 is 1.47 bits per heavy atom. The van der Waals surface area contributed by atoms with Crippen molar-refractivity contribution >= 4 is 28.9 Å². The molecule has 84 valence electrons. The molecule has 0 spiro atoms. The number of rotatable bonds is 4. The number of aromatic hydroxyl groups is 1. The van der Waals surface area contributed by atoms with Crippen molar-refractivity contribution in [2.75, 3.05) is 17.7 Å². The molecule has 0 aromatic heterocycles. The van der Waals surface area contributed by atoms with Gasteiger partial charge in [0.2, 0.25) is 0 Å². The van der Waals surface area contributed by atoms with Crippen LogP contribution in [0, 0.1) is 6.92 Å². The molecule has 0 fully saturated rings. The molecule has 5 heteroatoms. The number of aryl methyl sites for hydroxylation is 1. The van der Waals surface area contributed by atoms with Crippen molar-refractivity contribution in [1.29, 1.82) is 0 Å². The van der Waals surface area contributed by atoms with Gasteiger partial charge in [0.15, 0.2) is 0 Å². The lowest BCUT2D eigenvalue weighted by Crippen LogP contribution is -2.20. The number of phenols is 1. The summed E-state index contributed by atoms with van der Waals surface area (Å²) in [4.78, 5) is 0.